The van der Waals surface area contributed by atoms with Crippen molar-refractivity contribution in [1.82, 2.24) is 9.78 Å². The molecule has 0 spiro atoms. The minimum absolute atomic E-state index is 0.836. The molecule has 98 valence electrons. The highest BCUT2D eigenvalue weighted by Crippen LogP contribution is 2.19. The van der Waals surface area contributed by atoms with Crippen LogP contribution in [0.15, 0.2) is 66.4 Å². The molecule has 1 aromatic carbocycles. The van der Waals surface area contributed by atoms with Gasteiger partial charge in [-0.1, -0.05) is 37.8 Å². The monoisotopic (exact) mass is 252 g/mol. The first-order valence-electron chi connectivity index (χ1n) is 6.68. The van der Waals surface area contributed by atoms with E-state index >= 15 is 0 Å². The van der Waals surface area contributed by atoms with Gasteiger partial charge in [0.2, 0.25) is 0 Å². The molecular formula is C17H20N2. The standard InChI is InChI=1S/C17H20N2/c1-4-15(5-2)14(3)13-17-11-12-18-19(17)16-9-7-6-8-10-16/h4,6-12H,3,5,13H2,1-2H3/b15-4-. The van der Waals surface area contributed by atoms with Gasteiger partial charge in [0.05, 0.1) is 5.69 Å². The van der Waals surface area contributed by atoms with Gasteiger partial charge in [0.25, 0.3) is 0 Å². The summed E-state index contributed by atoms with van der Waals surface area (Å²) in [5, 5.41) is 4.41. The van der Waals surface area contributed by atoms with Gasteiger partial charge in [-0.25, -0.2) is 4.68 Å². The maximum atomic E-state index is 4.41. The van der Waals surface area contributed by atoms with E-state index in [1.807, 2.05) is 29.1 Å². The fourth-order valence-corrected chi connectivity index (χ4v) is 2.26. The molecule has 2 rings (SSSR count). The lowest BCUT2D eigenvalue weighted by molar-refractivity contribution is 0.819. The highest BCUT2D eigenvalue weighted by Gasteiger charge is 2.08. The van der Waals surface area contributed by atoms with Crippen molar-refractivity contribution in [3.05, 3.63) is 72.1 Å². The third-order valence-corrected chi connectivity index (χ3v) is 3.30. The number of benzene rings is 1. The second-order valence-electron chi connectivity index (χ2n) is 4.52. The van der Waals surface area contributed by atoms with Crippen LogP contribution in [-0.2, 0) is 6.42 Å². The number of nitrogens with zero attached hydrogens (tertiary/aromatic N) is 2. The fraction of sp³-hybridized carbons (Fsp3) is 0.235. The van der Waals surface area contributed by atoms with Crippen molar-refractivity contribution in [1.29, 1.82) is 0 Å². The summed E-state index contributed by atoms with van der Waals surface area (Å²) in [6, 6.07) is 12.3. The second-order valence-corrected chi connectivity index (χ2v) is 4.52. The number of hydrogen-bond donors (Lipinski definition) is 0. The van der Waals surface area contributed by atoms with Crippen molar-refractivity contribution in [3.8, 4) is 5.69 Å². The smallest absolute Gasteiger partial charge is 0.0648 e. The first-order chi connectivity index (χ1) is 9.26. The second kappa shape index (κ2) is 6.19. The van der Waals surface area contributed by atoms with Gasteiger partial charge in [-0.2, -0.15) is 5.10 Å². The van der Waals surface area contributed by atoms with Gasteiger partial charge < -0.3 is 0 Å². The quantitative estimate of drug-likeness (QED) is 0.724. The van der Waals surface area contributed by atoms with Crippen molar-refractivity contribution < 1.29 is 0 Å². The number of rotatable bonds is 5. The molecule has 1 heterocycles. The molecule has 0 atom stereocenters. The summed E-state index contributed by atoms with van der Waals surface area (Å²) < 4.78 is 1.98. The van der Waals surface area contributed by atoms with Crippen LogP contribution in [0.4, 0.5) is 0 Å². The Bertz CT molecular complexity index is 576. The van der Waals surface area contributed by atoms with Crippen molar-refractivity contribution in [2.24, 2.45) is 0 Å². The third-order valence-electron chi connectivity index (χ3n) is 3.30. The zero-order valence-corrected chi connectivity index (χ0v) is 11.6. The summed E-state index contributed by atoms with van der Waals surface area (Å²) in [5.41, 5.74) is 4.75. The summed E-state index contributed by atoms with van der Waals surface area (Å²) in [6.07, 6.45) is 5.85. The Balaban J connectivity index is 2.24. The van der Waals surface area contributed by atoms with Crippen molar-refractivity contribution in [3.63, 3.8) is 0 Å². The number of hydrogen-bond acceptors (Lipinski definition) is 1. The molecule has 0 amide bonds. The lowest BCUT2D eigenvalue weighted by Gasteiger charge is -2.11. The number of allylic oxidation sites excluding steroid dienone is 3. The van der Waals surface area contributed by atoms with Crippen molar-refractivity contribution in [2.75, 3.05) is 0 Å². The fourth-order valence-electron chi connectivity index (χ4n) is 2.26. The average Bonchev–Trinajstić information content (AvgIpc) is 2.89. The van der Waals surface area contributed by atoms with Crippen LogP contribution in [0.5, 0.6) is 0 Å². The normalized spacial score (nSPS) is 11.6. The van der Waals surface area contributed by atoms with Crippen LogP contribution in [0.1, 0.15) is 26.0 Å². The van der Waals surface area contributed by atoms with Gasteiger partial charge >= 0.3 is 0 Å². The van der Waals surface area contributed by atoms with E-state index in [0.29, 0.717) is 0 Å². The first kappa shape index (κ1) is 13.3. The molecule has 0 aliphatic heterocycles. The summed E-state index contributed by atoms with van der Waals surface area (Å²) in [5.74, 6) is 0. The van der Waals surface area contributed by atoms with Crippen molar-refractivity contribution >= 4 is 0 Å². The lowest BCUT2D eigenvalue weighted by Crippen LogP contribution is -2.03. The molecule has 0 fully saturated rings. The molecule has 0 aliphatic rings. The Hall–Kier alpha value is -2.09. The van der Waals surface area contributed by atoms with Crippen LogP contribution >= 0.6 is 0 Å². The molecule has 0 radical (unpaired) electrons. The highest BCUT2D eigenvalue weighted by molar-refractivity contribution is 5.36. The van der Waals surface area contributed by atoms with E-state index in [2.05, 4.69) is 49.8 Å². The predicted octanol–water partition coefficient (Wildman–Crippen LogP) is 4.33. The molecule has 0 saturated heterocycles. The number of para-hydroxylation sites is 1. The van der Waals surface area contributed by atoms with Crippen LogP contribution in [0.3, 0.4) is 0 Å². The Morgan fingerprint density at radius 3 is 2.63 bits per heavy atom. The van der Waals surface area contributed by atoms with E-state index in [4.69, 9.17) is 0 Å². The van der Waals surface area contributed by atoms with Gasteiger partial charge in [-0.3, -0.25) is 0 Å². The third kappa shape index (κ3) is 3.02. The summed E-state index contributed by atoms with van der Waals surface area (Å²) in [6.45, 7) is 8.43. The largest absolute Gasteiger partial charge is 0.237 e. The Kier molecular flexibility index (Phi) is 4.35. The topological polar surface area (TPSA) is 17.8 Å². The molecule has 19 heavy (non-hydrogen) atoms. The molecule has 2 heteroatoms. The average molecular weight is 252 g/mol. The van der Waals surface area contributed by atoms with Gasteiger partial charge in [0.1, 0.15) is 0 Å². The molecule has 2 nitrogen and oxygen atoms in total. The maximum Gasteiger partial charge on any atom is 0.0648 e. The van der Waals surface area contributed by atoms with Crippen LogP contribution in [0, 0.1) is 0 Å². The van der Waals surface area contributed by atoms with Crippen LogP contribution < -0.4 is 0 Å². The molecular weight excluding hydrogens is 232 g/mol. The molecule has 0 aliphatic carbocycles. The molecule has 2 aromatic rings. The zero-order chi connectivity index (χ0) is 13.7. The Morgan fingerprint density at radius 2 is 2.00 bits per heavy atom. The molecule has 1 aromatic heterocycles. The van der Waals surface area contributed by atoms with E-state index in [1.165, 1.54) is 16.8 Å². The van der Waals surface area contributed by atoms with Gasteiger partial charge in [-0.05, 0) is 42.7 Å². The van der Waals surface area contributed by atoms with E-state index in [1.54, 1.807) is 0 Å². The van der Waals surface area contributed by atoms with E-state index < -0.39 is 0 Å². The van der Waals surface area contributed by atoms with E-state index in [9.17, 15) is 0 Å². The zero-order valence-electron chi connectivity index (χ0n) is 11.6. The molecule has 0 saturated carbocycles. The minimum Gasteiger partial charge on any atom is -0.237 e. The van der Waals surface area contributed by atoms with Crippen LogP contribution in [0.2, 0.25) is 0 Å². The van der Waals surface area contributed by atoms with Gasteiger partial charge in [-0.15, -0.1) is 0 Å². The summed E-state index contributed by atoms with van der Waals surface area (Å²) in [7, 11) is 0. The minimum atomic E-state index is 0.836. The Morgan fingerprint density at radius 1 is 1.26 bits per heavy atom. The molecule has 0 bridgehead atoms. The SMILES string of the molecule is C=C(Cc1ccnn1-c1ccccc1)/C(=C\C)CC. The van der Waals surface area contributed by atoms with Crippen LogP contribution in [-0.4, -0.2) is 9.78 Å². The highest BCUT2D eigenvalue weighted by atomic mass is 15.3. The van der Waals surface area contributed by atoms with Crippen molar-refractivity contribution in [2.45, 2.75) is 26.7 Å². The molecule has 0 unspecified atom stereocenters. The van der Waals surface area contributed by atoms with Gasteiger partial charge in [0, 0.05) is 18.3 Å². The Labute approximate surface area is 115 Å². The van der Waals surface area contributed by atoms with E-state index in [0.717, 1.165) is 18.5 Å². The predicted molar refractivity (Wildman–Crippen MR) is 80.5 cm³/mol. The van der Waals surface area contributed by atoms with E-state index in [-0.39, 0.29) is 0 Å². The summed E-state index contributed by atoms with van der Waals surface area (Å²) in [4.78, 5) is 0. The maximum absolute atomic E-state index is 4.41. The van der Waals surface area contributed by atoms with Gasteiger partial charge in [0.15, 0.2) is 0 Å². The summed E-state index contributed by atoms with van der Waals surface area (Å²) >= 11 is 0. The number of aromatic nitrogens is 2. The van der Waals surface area contributed by atoms with Crippen LogP contribution in [0.25, 0.3) is 5.69 Å². The first-order valence-corrected chi connectivity index (χ1v) is 6.68. The molecule has 0 N–H and O–H groups in total. The lowest BCUT2D eigenvalue weighted by atomic mass is 10.0.